The number of rotatable bonds is 3. The van der Waals surface area contributed by atoms with Gasteiger partial charge >= 0.3 is 0 Å². The second-order valence-corrected chi connectivity index (χ2v) is 3.58. The smallest absolute Gasteiger partial charge is 0.225 e. The average molecular weight is 155 g/mol. The lowest BCUT2D eigenvalue weighted by atomic mass is 10.3. The first kappa shape index (κ1) is 8.57. The Bertz CT molecular complexity index is 156. The SMILES string of the molecule is CCCN(C)C(=O)C1CC1C. The van der Waals surface area contributed by atoms with Crippen molar-refractivity contribution in [2.75, 3.05) is 13.6 Å². The molecule has 0 aromatic carbocycles. The Balaban J connectivity index is 2.29. The molecule has 0 N–H and O–H groups in total. The number of nitrogens with zero attached hydrogens (tertiary/aromatic N) is 1. The third-order valence-corrected chi connectivity index (χ3v) is 2.36. The minimum atomic E-state index is 0.347. The maximum Gasteiger partial charge on any atom is 0.225 e. The van der Waals surface area contributed by atoms with E-state index in [0.29, 0.717) is 17.7 Å². The number of hydrogen-bond donors (Lipinski definition) is 0. The van der Waals surface area contributed by atoms with Crippen molar-refractivity contribution < 1.29 is 4.79 Å². The first-order valence-corrected chi connectivity index (χ1v) is 4.41. The predicted octanol–water partition coefficient (Wildman–Crippen LogP) is 1.51. The normalized spacial score (nSPS) is 28.3. The van der Waals surface area contributed by atoms with Gasteiger partial charge in [0, 0.05) is 19.5 Å². The molecular formula is C9H17NO. The molecule has 2 atom stereocenters. The van der Waals surface area contributed by atoms with E-state index in [1.165, 1.54) is 0 Å². The van der Waals surface area contributed by atoms with E-state index in [0.717, 1.165) is 19.4 Å². The number of hydrogen-bond acceptors (Lipinski definition) is 1. The monoisotopic (exact) mass is 155 g/mol. The van der Waals surface area contributed by atoms with Gasteiger partial charge in [-0.25, -0.2) is 0 Å². The molecule has 1 rings (SSSR count). The van der Waals surface area contributed by atoms with Crippen molar-refractivity contribution >= 4 is 5.91 Å². The molecule has 0 heterocycles. The van der Waals surface area contributed by atoms with Crippen LogP contribution in [0.1, 0.15) is 26.7 Å². The van der Waals surface area contributed by atoms with Gasteiger partial charge in [-0.05, 0) is 18.8 Å². The fraction of sp³-hybridized carbons (Fsp3) is 0.889. The van der Waals surface area contributed by atoms with Crippen LogP contribution in [-0.2, 0) is 4.79 Å². The minimum absolute atomic E-state index is 0.347. The highest BCUT2D eigenvalue weighted by Gasteiger charge is 2.40. The summed E-state index contributed by atoms with van der Waals surface area (Å²) >= 11 is 0. The van der Waals surface area contributed by atoms with Gasteiger partial charge < -0.3 is 4.90 Å². The average Bonchev–Trinajstić information content (AvgIpc) is 2.66. The molecule has 2 heteroatoms. The van der Waals surface area contributed by atoms with Crippen LogP contribution >= 0.6 is 0 Å². The van der Waals surface area contributed by atoms with Crippen molar-refractivity contribution in [1.29, 1.82) is 0 Å². The molecule has 2 nitrogen and oxygen atoms in total. The minimum Gasteiger partial charge on any atom is -0.346 e. The van der Waals surface area contributed by atoms with E-state index in [2.05, 4.69) is 13.8 Å². The van der Waals surface area contributed by atoms with Crippen LogP contribution in [0.5, 0.6) is 0 Å². The largest absolute Gasteiger partial charge is 0.346 e. The van der Waals surface area contributed by atoms with Gasteiger partial charge in [0.05, 0.1) is 0 Å². The second-order valence-electron chi connectivity index (χ2n) is 3.58. The first-order chi connectivity index (χ1) is 5.16. The van der Waals surface area contributed by atoms with Crippen LogP contribution in [0.25, 0.3) is 0 Å². The number of carbonyl (C=O) groups excluding carboxylic acids is 1. The van der Waals surface area contributed by atoms with E-state index in [1.807, 2.05) is 11.9 Å². The van der Waals surface area contributed by atoms with Crippen molar-refractivity contribution in [3.63, 3.8) is 0 Å². The molecule has 1 aliphatic rings. The van der Waals surface area contributed by atoms with Gasteiger partial charge in [-0.3, -0.25) is 4.79 Å². The highest BCUT2D eigenvalue weighted by atomic mass is 16.2. The van der Waals surface area contributed by atoms with Crippen LogP contribution in [0.2, 0.25) is 0 Å². The lowest BCUT2D eigenvalue weighted by Crippen LogP contribution is -2.29. The summed E-state index contributed by atoms with van der Waals surface area (Å²) in [5, 5.41) is 0. The van der Waals surface area contributed by atoms with Crippen LogP contribution in [0, 0.1) is 11.8 Å². The molecule has 1 saturated carbocycles. The fourth-order valence-electron chi connectivity index (χ4n) is 1.39. The summed E-state index contributed by atoms with van der Waals surface area (Å²) in [6, 6.07) is 0. The molecule has 1 fully saturated rings. The molecule has 0 bridgehead atoms. The van der Waals surface area contributed by atoms with Gasteiger partial charge in [0.2, 0.25) is 5.91 Å². The zero-order valence-corrected chi connectivity index (χ0v) is 7.63. The van der Waals surface area contributed by atoms with E-state index in [1.54, 1.807) is 0 Å². The van der Waals surface area contributed by atoms with Crippen molar-refractivity contribution in [3.05, 3.63) is 0 Å². The highest BCUT2D eigenvalue weighted by molar-refractivity contribution is 5.81. The zero-order chi connectivity index (χ0) is 8.43. The third kappa shape index (κ3) is 1.95. The van der Waals surface area contributed by atoms with Crippen molar-refractivity contribution in [2.45, 2.75) is 26.7 Å². The Hall–Kier alpha value is -0.530. The van der Waals surface area contributed by atoms with E-state index in [9.17, 15) is 4.79 Å². The molecule has 11 heavy (non-hydrogen) atoms. The number of amides is 1. The Morgan fingerprint density at radius 1 is 1.64 bits per heavy atom. The van der Waals surface area contributed by atoms with Crippen molar-refractivity contribution in [1.82, 2.24) is 4.90 Å². The number of carbonyl (C=O) groups is 1. The molecule has 1 aliphatic carbocycles. The summed E-state index contributed by atoms with van der Waals surface area (Å²) in [4.78, 5) is 13.3. The lowest BCUT2D eigenvalue weighted by molar-refractivity contribution is -0.131. The molecule has 0 aromatic heterocycles. The van der Waals surface area contributed by atoms with Crippen LogP contribution in [-0.4, -0.2) is 24.4 Å². The Morgan fingerprint density at radius 2 is 2.18 bits per heavy atom. The summed E-state index contributed by atoms with van der Waals surface area (Å²) < 4.78 is 0. The Kier molecular flexibility index (Phi) is 2.53. The molecule has 1 amide bonds. The predicted molar refractivity (Wildman–Crippen MR) is 45.2 cm³/mol. The van der Waals surface area contributed by atoms with Gasteiger partial charge in [0.15, 0.2) is 0 Å². The summed E-state index contributed by atoms with van der Waals surface area (Å²) in [6.45, 7) is 5.14. The highest BCUT2D eigenvalue weighted by Crippen LogP contribution is 2.38. The lowest BCUT2D eigenvalue weighted by Gasteiger charge is -2.15. The van der Waals surface area contributed by atoms with E-state index < -0.39 is 0 Å². The van der Waals surface area contributed by atoms with Crippen LogP contribution in [0.15, 0.2) is 0 Å². The standard InChI is InChI=1S/C9H17NO/c1-4-5-10(3)9(11)8-6-7(8)2/h7-8H,4-6H2,1-3H3. The van der Waals surface area contributed by atoms with Gasteiger partial charge in [-0.15, -0.1) is 0 Å². The Labute approximate surface area is 68.6 Å². The fourth-order valence-corrected chi connectivity index (χ4v) is 1.39. The van der Waals surface area contributed by atoms with E-state index in [-0.39, 0.29) is 0 Å². The van der Waals surface area contributed by atoms with Gasteiger partial charge in [0.25, 0.3) is 0 Å². The molecule has 0 radical (unpaired) electrons. The summed E-state index contributed by atoms with van der Waals surface area (Å²) in [5.41, 5.74) is 0. The maximum atomic E-state index is 11.4. The molecule has 0 aromatic rings. The topological polar surface area (TPSA) is 20.3 Å². The molecule has 0 aliphatic heterocycles. The molecule has 64 valence electrons. The molecule has 0 spiro atoms. The summed E-state index contributed by atoms with van der Waals surface area (Å²) in [7, 11) is 1.90. The summed E-state index contributed by atoms with van der Waals surface area (Å²) in [6.07, 6.45) is 2.16. The second kappa shape index (κ2) is 3.24. The van der Waals surface area contributed by atoms with Crippen molar-refractivity contribution in [2.24, 2.45) is 11.8 Å². The van der Waals surface area contributed by atoms with Crippen molar-refractivity contribution in [3.8, 4) is 0 Å². The zero-order valence-electron chi connectivity index (χ0n) is 7.63. The molecule has 2 unspecified atom stereocenters. The maximum absolute atomic E-state index is 11.4. The van der Waals surface area contributed by atoms with Crippen LogP contribution in [0.3, 0.4) is 0 Å². The van der Waals surface area contributed by atoms with Gasteiger partial charge in [-0.1, -0.05) is 13.8 Å². The Morgan fingerprint density at radius 3 is 2.55 bits per heavy atom. The van der Waals surface area contributed by atoms with E-state index in [4.69, 9.17) is 0 Å². The van der Waals surface area contributed by atoms with Crippen LogP contribution < -0.4 is 0 Å². The third-order valence-electron chi connectivity index (χ3n) is 2.36. The van der Waals surface area contributed by atoms with Gasteiger partial charge in [0.1, 0.15) is 0 Å². The first-order valence-electron chi connectivity index (χ1n) is 4.41. The summed E-state index contributed by atoms with van der Waals surface area (Å²) in [5.74, 6) is 1.34. The quantitative estimate of drug-likeness (QED) is 0.605. The van der Waals surface area contributed by atoms with Gasteiger partial charge in [-0.2, -0.15) is 0 Å². The van der Waals surface area contributed by atoms with E-state index >= 15 is 0 Å². The van der Waals surface area contributed by atoms with Crippen LogP contribution in [0.4, 0.5) is 0 Å². The molecular weight excluding hydrogens is 138 g/mol. The molecule has 0 saturated heterocycles.